The lowest BCUT2D eigenvalue weighted by atomic mass is 9.96. The highest BCUT2D eigenvalue weighted by Crippen LogP contribution is 2.31. The Bertz CT molecular complexity index is 1930. The van der Waals surface area contributed by atoms with E-state index in [9.17, 15) is 9.59 Å². The zero-order valence-electron chi connectivity index (χ0n) is 25.6. The van der Waals surface area contributed by atoms with Gasteiger partial charge in [-0.25, -0.2) is 9.59 Å². The van der Waals surface area contributed by atoms with E-state index in [2.05, 4.69) is 49.6 Å². The molecule has 6 heteroatoms. The lowest BCUT2D eigenvalue weighted by Gasteiger charge is -2.21. The van der Waals surface area contributed by atoms with E-state index in [-0.39, 0.29) is 11.3 Å². The van der Waals surface area contributed by atoms with Crippen LogP contribution in [0.5, 0.6) is 0 Å². The van der Waals surface area contributed by atoms with Crippen LogP contribution in [0.25, 0.3) is 55.3 Å². The Hall–Kier alpha value is -5.10. The quantitative estimate of drug-likeness (QED) is 0.159. The Labute approximate surface area is 256 Å². The van der Waals surface area contributed by atoms with Crippen molar-refractivity contribution in [2.75, 3.05) is 36.0 Å². The fourth-order valence-corrected chi connectivity index (χ4v) is 5.91. The summed E-state index contributed by atoms with van der Waals surface area (Å²) < 4.78 is 11.6. The third-order valence-electron chi connectivity index (χ3n) is 8.38. The Morgan fingerprint density at radius 3 is 1.25 bits per heavy atom. The maximum absolute atomic E-state index is 13.1. The number of fused-ring (bicyclic) bond motifs is 2. The van der Waals surface area contributed by atoms with Gasteiger partial charge < -0.3 is 18.6 Å². The summed E-state index contributed by atoms with van der Waals surface area (Å²) in [6, 6.07) is 31.5. The molecule has 0 aliphatic rings. The van der Waals surface area contributed by atoms with Gasteiger partial charge in [0.1, 0.15) is 11.2 Å². The van der Waals surface area contributed by atoms with Crippen LogP contribution >= 0.6 is 0 Å². The molecule has 4 aromatic carbocycles. The number of benzene rings is 4. The van der Waals surface area contributed by atoms with Crippen molar-refractivity contribution in [3.05, 3.63) is 118 Å². The molecule has 0 aliphatic heterocycles. The molecular weight excluding hydrogens is 548 g/mol. The fourth-order valence-electron chi connectivity index (χ4n) is 5.91. The van der Waals surface area contributed by atoms with E-state index in [4.69, 9.17) is 8.83 Å². The first-order chi connectivity index (χ1) is 21.4. The van der Waals surface area contributed by atoms with Crippen LogP contribution in [0.4, 0.5) is 11.4 Å². The first-order valence-electron chi connectivity index (χ1n) is 15.3. The second-order valence-electron chi connectivity index (χ2n) is 10.8. The maximum atomic E-state index is 13.1. The Kier molecular flexibility index (Phi) is 8.07. The molecule has 0 saturated carbocycles. The molecule has 2 heterocycles. The molecule has 222 valence electrons. The van der Waals surface area contributed by atoms with Gasteiger partial charge in [-0.15, -0.1) is 0 Å². The third kappa shape index (κ3) is 5.51. The van der Waals surface area contributed by atoms with Crippen LogP contribution in [-0.2, 0) is 0 Å². The molecule has 2 aromatic heterocycles. The summed E-state index contributed by atoms with van der Waals surface area (Å²) in [4.78, 5) is 30.7. The average Bonchev–Trinajstić information content (AvgIpc) is 3.05. The van der Waals surface area contributed by atoms with Crippen LogP contribution in [-0.4, -0.2) is 26.2 Å². The van der Waals surface area contributed by atoms with Crippen LogP contribution in [0.15, 0.2) is 115 Å². The van der Waals surface area contributed by atoms with Crippen LogP contribution in [0.3, 0.4) is 0 Å². The van der Waals surface area contributed by atoms with Crippen LogP contribution in [0, 0.1) is 0 Å². The van der Waals surface area contributed by atoms with Gasteiger partial charge in [-0.05, 0) is 98.5 Å². The van der Waals surface area contributed by atoms with Gasteiger partial charge in [-0.2, -0.15) is 0 Å². The van der Waals surface area contributed by atoms with E-state index in [1.165, 1.54) is 0 Å². The lowest BCUT2D eigenvalue weighted by molar-refractivity contribution is 0.563. The van der Waals surface area contributed by atoms with Crippen molar-refractivity contribution in [1.82, 2.24) is 0 Å². The van der Waals surface area contributed by atoms with Gasteiger partial charge in [0.25, 0.3) is 0 Å². The summed E-state index contributed by atoms with van der Waals surface area (Å²) in [6.45, 7) is 11.9. The Balaban J connectivity index is 1.35. The van der Waals surface area contributed by atoms with E-state index in [0.717, 1.165) is 70.6 Å². The first-order valence-corrected chi connectivity index (χ1v) is 15.3. The zero-order chi connectivity index (χ0) is 30.8. The SMILES string of the molecule is CCN(CC)c1ccc2cc(-c3cccc(-c4cccc(-c5cc6ccc(N(CC)CC)cc6oc5=O)c4)c3)c(=O)oc2c1. The summed E-state index contributed by atoms with van der Waals surface area (Å²) >= 11 is 0. The maximum Gasteiger partial charge on any atom is 0.344 e. The average molecular weight is 585 g/mol. The number of hydrogen-bond donors (Lipinski definition) is 0. The number of nitrogens with zero attached hydrogens (tertiary/aromatic N) is 2. The molecule has 0 radical (unpaired) electrons. The van der Waals surface area contributed by atoms with Crippen LogP contribution in [0.2, 0.25) is 0 Å². The van der Waals surface area contributed by atoms with Gasteiger partial charge in [0, 0.05) is 60.5 Å². The minimum Gasteiger partial charge on any atom is -0.422 e. The normalized spacial score (nSPS) is 11.3. The first kappa shape index (κ1) is 29.0. The van der Waals surface area contributed by atoms with E-state index >= 15 is 0 Å². The van der Waals surface area contributed by atoms with Crippen molar-refractivity contribution >= 4 is 33.3 Å². The topological polar surface area (TPSA) is 66.9 Å². The second kappa shape index (κ2) is 12.3. The summed E-state index contributed by atoms with van der Waals surface area (Å²) in [6.07, 6.45) is 0. The molecule has 0 aliphatic carbocycles. The molecule has 0 atom stereocenters. The molecule has 6 rings (SSSR count). The number of anilines is 2. The molecule has 6 aromatic rings. The fraction of sp³-hybridized carbons (Fsp3) is 0.211. The molecule has 0 saturated heterocycles. The van der Waals surface area contributed by atoms with E-state index in [0.29, 0.717) is 22.3 Å². The zero-order valence-corrected chi connectivity index (χ0v) is 25.6. The third-order valence-corrected chi connectivity index (χ3v) is 8.38. The van der Waals surface area contributed by atoms with Gasteiger partial charge in [-0.1, -0.05) is 36.4 Å². The van der Waals surface area contributed by atoms with Crippen molar-refractivity contribution < 1.29 is 8.83 Å². The molecule has 0 spiro atoms. The monoisotopic (exact) mass is 584 g/mol. The van der Waals surface area contributed by atoms with E-state index in [1.54, 1.807) is 0 Å². The van der Waals surface area contributed by atoms with Gasteiger partial charge in [0.15, 0.2) is 0 Å². The lowest BCUT2D eigenvalue weighted by Crippen LogP contribution is -2.21. The molecule has 0 bridgehead atoms. The van der Waals surface area contributed by atoms with Crippen molar-refractivity contribution in [2.45, 2.75) is 27.7 Å². The van der Waals surface area contributed by atoms with E-state index < -0.39 is 0 Å². The Morgan fingerprint density at radius 2 is 0.864 bits per heavy atom. The highest BCUT2D eigenvalue weighted by atomic mass is 16.4. The highest BCUT2D eigenvalue weighted by Gasteiger charge is 2.14. The van der Waals surface area contributed by atoms with Crippen molar-refractivity contribution in [1.29, 1.82) is 0 Å². The predicted molar refractivity (Wildman–Crippen MR) is 182 cm³/mol. The van der Waals surface area contributed by atoms with Crippen molar-refractivity contribution in [2.24, 2.45) is 0 Å². The minimum absolute atomic E-state index is 0.377. The summed E-state index contributed by atoms with van der Waals surface area (Å²) in [7, 11) is 0. The molecule has 6 nitrogen and oxygen atoms in total. The minimum atomic E-state index is -0.377. The van der Waals surface area contributed by atoms with Gasteiger partial charge >= 0.3 is 11.3 Å². The second-order valence-corrected chi connectivity index (χ2v) is 10.8. The number of hydrogen-bond acceptors (Lipinski definition) is 6. The summed E-state index contributed by atoms with van der Waals surface area (Å²) in [5.41, 5.74) is 6.86. The van der Waals surface area contributed by atoms with Gasteiger partial charge in [0.05, 0.1) is 11.1 Å². The van der Waals surface area contributed by atoms with Gasteiger partial charge in [-0.3, -0.25) is 0 Å². The molecule has 0 N–H and O–H groups in total. The van der Waals surface area contributed by atoms with Crippen LogP contribution in [0.1, 0.15) is 27.7 Å². The number of rotatable bonds is 9. The van der Waals surface area contributed by atoms with Crippen molar-refractivity contribution in [3.63, 3.8) is 0 Å². The smallest absolute Gasteiger partial charge is 0.344 e. The van der Waals surface area contributed by atoms with Crippen LogP contribution < -0.4 is 21.1 Å². The van der Waals surface area contributed by atoms with E-state index in [1.807, 2.05) is 84.9 Å². The summed E-state index contributed by atoms with van der Waals surface area (Å²) in [5, 5.41) is 1.74. The molecular formula is C38H36N2O4. The molecule has 44 heavy (non-hydrogen) atoms. The molecule has 0 fully saturated rings. The largest absolute Gasteiger partial charge is 0.422 e. The van der Waals surface area contributed by atoms with Gasteiger partial charge in [0.2, 0.25) is 0 Å². The molecule has 0 unspecified atom stereocenters. The standard InChI is InChI=1S/C38H36N2O4/c1-5-39(6-2)31-17-15-29-21-33(37(41)43-35(29)23-31)27-13-9-11-25(19-27)26-12-10-14-28(20-26)34-22-30-16-18-32(40(7-3)8-4)24-36(30)44-38(34)42/h9-24H,5-8H2,1-4H3. The molecule has 0 amide bonds. The summed E-state index contributed by atoms with van der Waals surface area (Å²) in [5.74, 6) is 0. The highest BCUT2D eigenvalue weighted by molar-refractivity contribution is 5.87. The predicted octanol–water partition coefficient (Wildman–Crippen LogP) is 8.59. The Morgan fingerprint density at radius 1 is 0.477 bits per heavy atom. The van der Waals surface area contributed by atoms with Crippen molar-refractivity contribution in [3.8, 4) is 33.4 Å².